The predicted molar refractivity (Wildman–Crippen MR) is 68.6 cm³/mol. The average Bonchev–Trinajstić information content (AvgIpc) is 2.54. The molecule has 0 spiro atoms. The minimum absolute atomic E-state index is 0.651. The van der Waals surface area contributed by atoms with Gasteiger partial charge < -0.3 is 55.1 Å². The van der Waals surface area contributed by atoms with Crippen LogP contribution >= 0.6 is 0 Å². The van der Waals surface area contributed by atoms with Crippen LogP contribution in [0, 0.1) is 0 Å². The van der Waals surface area contributed by atoms with E-state index >= 15 is 0 Å². The lowest BCUT2D eigenvalue weighted by Crippen LogP contribution is -2.64. The molecule has 10 atom stereocenters. The van der Waals surface area contributed by atoms with Crippen LogP contribution in [0.25, 0.3) is 0 Å². The number of hydrogen-bond acceptors (Lipinski definition) is 11. The SMILES string of the molecule is OC[C@H]1O[C@H](O[C@@H]2[C@@H](O)[C@H](O)[C@@H](CO)O[C@H]2O)[C@H](O)[C@@H](O)[C@@H]1O. The Morgan fingerprint density at radius 3 is 1.74 bits per heavy atom. The summed E-state index contributed by atoms with van der Waals surface area (Å²) in [6, 6.07) is 0. The van der Waals surface area contributed by atoms with E-state index in [9.17, 15) is 30.6 Å². The van der Waals surface area contributed by atoms with Crippen LogP contribution in [0.4, 0.5) is 0 Å². The summed E-state index contributed by atoms with van der Waals surface area (Å²) in [7, 11) is 0. The highest BCUT2D eigenvalue weighted by atomic mass is 16.7. The quantitative estimate of drug-likeness (QED) is 0.243. The second-order valence-corrected chi connectivity index (χ2v) is 5.53. The first-order valence-electron chi connectivity index (χ1n) is 7.08. The van der Waals surface area contributed by atoms with Crippen LogP contribution in [0.2, 0.25) is 0 Å². The Labute approximate surface area is 130 Å². The number of ether oxygens (including phenoxy) is 3. The molecule has 0 radical (unpaired) electrons. The Morgan fingerprint density at radius 2 is 1.17 bits per heavy atom. The van der Waals surface area contributed by atoms with Crippen LogP contribution in [0.3, 0.4) is 0 Å². The number of aliphatic hydroxyl groups excluding tert-OH is 8. The fourth-order valence-corrected chi connectivity index (χ4v) is 2.55. The molecule has 23 heavy (non-hydrogen) atoms. The maximum atomic E-state index is 9.94. The van der Waals surface area contributed by atoms with Crippen molar-refractivity contribution in [3.05, 3.63) is 0 Å². The van der Waals surface area contributed by atoms with Crippen molar-refractivity contribution in [1.82, 2.24) is 0 Å². The fraction of sp³-hybridized carbons (Fsp3) is 1.00. The second-order valence-electron chi connectivity index (χ2n) is 5.53. The molecule has 2 saturated heterocycles. The highest BCUT2D eigenvalue weighted by Crippen LogP contribution is 2.28. The lowest BCUT2D eigenvalue weighted by atomic mass is 9.97. The molecule has 0 saturated carbocycles. The van der Waals surface area contributed by atoms with Crippen molar-refractivity contribution >= 4 is 0 Å². The first-order chi connectivity index (χ1) is 10.8. The summed E-state index contributed by atoms with van der Waals surface area (Å²) in [5.41, 5.74) is 0. The van der Waals surface area contributed by atoms with Gasteiger partial charge in [-0.1, -0.05) is 0 Å². The molecule has 0 unspecified atom stereocenters. The molecule has 0 aliphatic carbocycles. The minimum atomic E-state index is -1.75. The normalized spacial score (nSPS) is 51.7. The molecule has 0 aromatic rings. The third kappa shape index (κ3) is 3.65. The Balaban J connectivity index is 2.08. The van der Waals surface area contributed by atoms with E-state index in [0.29, 0.717) is 0 Å². The summed E-state index contributed by atoms with van der Waals surface area (Å²) in [6.45, 7) is -1.33. The molecule has 2 heterocycles. The van der Waals surface area contributed by atoms with Gasteiger partial charge in [0, 0.05) is 0 Å². The Kier molecular flexibility index (Phi) is 6.27. The van der Waals surface area contributed by atoms with E-state index in [1.165, 1.54) is 0 Å². The van der Waals surface area contributed by atoms with Gasteiger partial charge in [-0.25, -0.2) is 0 Å². The van der Waals surface area contributed by atoms with E-state index in [1.54, 1.807) is 0 Å². The molecule has 0 aromatic carbocycles. The number of hydrogen-bond donors (Lipinski definition) is 8. The smallest absolute Gasteiger partial charge is 0.187 e. The highest BCUT2D eigenvalue weighted by molar-refractivity contribution is 4.93. The van der Waals surface area contributed by atoms with E-state index in [2.05, 4.69) is 0 Å². The largest absolute Gasteiger partial charge is 0.394 e. The first-order valence-corrected chi connectivity index (χ1v) is 7.08. The molecule has 2 fully saturated rings. The van der Waals surface area contributed by atoms with Crippen LogP contribution < -0.4 is 0 Å². The Morgan fingerprint density at radius 1 is 0.652 bits per heavy atom. The van der Waals surface area contributed by atoms with E-state index < -0.39 is 74.6 Å². The lowest BCUT2D eigenvalue weighted by molar-refractivity contribution is -0.361. The summed E-state index contributed by atoms with van der Waals surface area (Å²) < 4.78 is 15.1. The van der Waals surface area contributed by atoms with Crippen LogP contribution in [0.1, 0.15) is 0 Å². The standard InChI is InChI=1S/C12H22O11/c13-1-3-6(16)8(18)10(11(20)21-3)23-12-9(19)7(17)5(15)4(2-14)22-12/h3-20H,1-2H2/t3-,4-,5-,6-,7+,8+,9-,10-,11-,12-/m1/s1. The van der Waals surface area contributed by atoms with Gasteiger partial charge in [0.05, 0.1) is 13.2 Å². The van der Waals surface area contributed by atoms with Crippen molar-refractivity contribution in [3.8, 4) is 0 Å². The summed E-state index contributed by atoms with van der Waals surface area (Å²) in [5.74, 6) is 0. The zero-order valence-corrected chi connectivity index (χ0v) is 12.0. The monoisotopic (exact) mass is 342 g/mol. The summed E-state index contributed by atoms with van der Waals surface area (Å²) >= 11 is 0. The van der Waals surface area contributed by atoms with Crippen LogP contribution in [-0.2, 0) is 14.2 Å². The molecule has 136 valence electrons. The van der Waals surface area contributed by atoms with Gasteiger partial charge in [0.2, 0.25) is 0 Å². The van der Waals surface area contributed by atoms with Gasteiger partial charge in [0.15, 0.2) is 12.6 Å². The summed E-state index contributed by atoms with van der Waals surface area (Å²) in [4.78, 5) is 0. The topological polar surface area (TPSA) is 190 Å². The van der Waals surface area contributed by atoms with E-state index in [0.717, 1.165) is 0 Å². The first kappa shape index (κ1) is 18.9. The molecule has 0 amide bonds. The zero-order valence-electron chi connectivity index (χ0n) is 12.0. The maximum Gasteiger partial charge on any atom is 0.187 e. The van der Waals surface area contributed by atoms with Crippen LogP contribution in [-0.4, -0.2) is 115 Å². The molecule has 11 heteroatoms. The second kappa shape index (κ2) is 7.63. The van der Waals surface area contributed by atoms with Crippen molar-refractivity contribution in [3.63, 3.8) is 0 Å². The molecule has 2 rings (SSSR count). The molecule has 0 aromatic heterocycles. The van der Waals surface area contributed by atoms with Gasteiger partial charge >= 0.3 is 0 Å². The van der Waals surface area contributed by atoms with Crippen LogP contribution in [0.15, 0.2) is 0 Å². The number of aliphatic hydroxyl groups is 8. The van der Waals surface area contributed by atoms with Crippen LogP contribution in [0.5, 0.6) is 0 Å². The van der Waals surface area contributed by atoms with Gasteiger partial charge in [0.25, 0.3) is 0 Å². The molecular formula is C12H22O11. The van der Waals surface area contributed by atoms with Gasteiger partial charge in [-0.2, -0.15) is 0 Å². The highest BCUT2D eigenvalue weighted by Gasteiger charge is 2.50. The molecule has 2 aliphatic heterocycles. The third-order valence-electron chi connectivity index (χ3n) is 3.98. The average molecular weight is 342 g/mol. The van der Waals surface area contributed by atoms with Crippen molar-refractivity contribution in [2.45, 2.75) is 61.4 Å². The molecular weight excluding hydrogens is 320 g/mol. The Hall–Kier alpha value is -0.440. The van der Waals surface area contributed by atoms with Crippen molar-refractivity contribution < 1.29 is 55.1 Å². The molecule has 0 bridgehead atoms. The lowest BCUT2D eigenvalue weighted by Gasteiger charge is -2.44. The number of rotatable bonds is 4. The fourth-order valence-electron chi connectivity index (χ4n) is 2.55. The third-order valence-corrected chi connectivity index (χ3v) is 3.98. The van der Waals surface area contributed by atoms with Gasteiger partial charge in [-0.15, -0.1) is 0 Å². The van der Waals surface area contributed by atoms with Crippen molar-refractivity contribution in [2.24, 2.45) is 0 Å². The van der Waals surface area contributed by atoms with Crippen molar-refractivity contribution in [1.29, 1.82) is 0 Å². The molecule has 8 N–H and O–H groups in total. The van der Waals surface area contributed by atoms with E-state index in [-0.39, 0.29) is 0 Å². The van der Waals surface area contributed by atoms with Crippen molar-refractivity contribution in [2.75, 3.05) is 13.2 Å². The molecule has 2 aliphatic rings. The summed E-state index contributed by atoms with van der Waals surface area (Å²) in [6.07, 6.45) is -15.6. The van der Waals surface area contributed by atoms with Gasteiger partial charge in [-0.3, -0.25) is 0 Å². The van der Waals surface area contributed by atoms with Gasteiger partial charge in [0.1, 0.15) is 48.8 Å². The zero-order chi connectivity index (χ0) is 17.3. The molecule has 11 nitrogen and oxygen atoms in total. The van der Waals surface area contributed by atoms with E-state index in [1.807, 2.05) is 0 Å². The maximum absolute atomic E-state index is 9.94. The predicted octanol–water partition coefficient (Wildman–Crippen LogP) is -5.40. The Bertz CT molecular complexity index is 380. The minimum Gasteiger partial charge on any atom is -0.394 e. The van der Waals surface area contributed by atoms with Gasteiger partial charge in [-0.05, 0) is 0 Å². The van der Waals surface area contributed by atoms with E-state index in [4.69, 9.17) is 24.4 Å². The summed E-state index contributed by atoms with van der Waals surface area (Å²) in [5, 5.41) is 76.7.